The highest BCUT2D eigenvalue weighted by atomic mass is 32.1. The van der Waals surface area contributed by atoms with E-state index >= 15 is 0 Å². The molecule has 1 aromatic heterocycles. The van der Waals surface area contributed by atoms with E-state index in [2.05, 4.69) is 4.98 Å². The van der Waals surface area contributed by atoms with Crippen LogP contribution >= 0.6 is 11.3 Å². The van der Waals surface area contributed by atoms with Crippen LogP contribution < -0.4 is 9.47 Å². The van der Waals surface area contributed by atoms with Crippen LogP contribution in [-0.2, 0) is 0 Å². The second-order valence-corrected chi connectivity index (χ2v) is 5.70. The summed E-state index contributed by atoms with van der Waals surface area (Å²) in [4.78, 5) is 16.7. The summed E-state index contributed by atoms with van der Waals surface area (Å²) < 4.78 is 11.3. The monoisotopic (exact) mass is 289 g/mol. The number of carbonyl (C=O) groups excluding carboxylic acids is 1. The zero-order valence-corrected chi connectivity index (χ0v) is 12.3. The number of aryl methyl sites for hydroxylation is 1. The van der Waals surface area contributed by atoms with E-state index in [9.17, 15) is 4.79 Å². The van der Waals surface area contributed by atoms with E-state index in [1.54, 1.807) is 6.92 Å². The molecule has 0 spiro atoms. The predicted molar refractivity (Wildman–Crippen MR) is 77.9 cm³/mol. The van der Waals surface area contributed by atoms with Gasteiger partial charge in [0.15, 0.2) is 17.3 Å². The highest BCUT2D eigenvalue weighted by molar-refractivity contribution is 7.17. The lowest BCUT2D eigenvalue weighted by molar-refractivity contribution is 0.102. The van der Waals surface area contributed by atoms with Crippen LogP contribution in [-0.4, -0.2) is 24.0 Å². The van der Waals surface area contributed by atoms with Crippen LogP contribution in [0.5, 0.6) is 11.5 Å². The van der Waals surface area contributed by atoms with Gasteiger partial charge in [0.25, 0.3) is 0 Å². The maximum absolute atomic E-state index is 11.5. The number of hydrogen-bond donors (Lipinski definition) is 0. The molecule has 1 aliphatic heterocycles. The lowest BCUT2D eigenvalue weighted by Crippen LogP contribution is -1.97. The molecule has 0 unspecified atom stereocenters. The number of ether oxygens (including phenoxy) is 2. The first-order chi connectivity index (χ1) is 9.65. The molecule has 0 atom stereocenters. The molecule has 3 rings (SSSR count). The minimum absolute atomic E-state index is 0.0561. The molecule has 0 radical (unpaired) electrons. The van der Waals surface area contributed by atoms with E-state index in [4.69, 9.17) is 9.47 Å². The van der Waals surface area contributed by atoms with Crippen LogP contribution in [0.1, 0.15) is 28.7 Å². The van der Waals surface area contributed by atoms with Crippen LogP contribution in [0.25, 0.3) is 10.6 Å². The van der Waals surface area contributed by atoms with Crippen LogP contribution in [0, 0.1) is 6.92 Å². The largest absolute Gasteiger partial charge is 0.490 e. The molecule has 0 aliphatic carbocycles. The summed E-state index contributed by atoms with van der Waals surface area (Å²) in [5, 5.41) is 0.836. The number of Topliss-reactive ketones (excluding diaryl/α,β-unsaturated/α-hetero) is 1. The summed E-state index contributed by atoms with van der Waals surface area (Å²) in [5.74, 6) is 1.57. The Morgan fingerprint density at radius 1 is 1.25 bits per heavy atom. The smallest absolute Gasteiger partial charge is 0.171 e. The molecule has 0 N–H and O–H groups in total. The number of nitrogens with zero attached hydrogens (tertiary/aromatic N) is 1. The lowest BCUT2D eigenvalue weighted by atomic mass is 10.2. The number of rotatable bonds is 2. The summed E-state index contributed by atoms with van der Waals surface area (Å²) >= 11 is 1.42. The SMILES string of the molecule is CC(=O)c1sc(-c2ccc3c(c2)OCCCO3)nc1C. The molecule has 1 aromatic carbocycles. The average Bonchev–Trinajstić information content (AvgIpc) is 2.68. The molecule has 0 saturated carbocycles. The minimum Gasteiger partial charge on any atom is -0.490 e. The molecule has 0 fully saturated rings. The summed E-state index contributed by atoms with van der Waals surface area (Å²) in [5.41, 5.74) is 1.74. The van der Waals surface area contributed by atoms with Crippen molar-refractivity contribution < 1.29 is 14.3 Å². The van der Waals surface area contributed by atoms with Gasteiger partial charge in [-0.05, 0) is 25.1 Å². The van der Waals surface area contributed by atoms with E-state index in [1.807, 2.05) is 25.1 Å². The minimum atomic E-state index is 0.0561. The first kappa shape index (κ1) is 13.1. The fraction of sp³-hybridized carbons (Fsp3) is 0.333. The maximum Gasteiger partial charge on any atom is 0.171 e. The van der Waals surface area contributed by atoms with Crippen molar-refractivity contribution in [3.8, 4) is 22.1 Å². The standard InChI is InChI=1S/C15H15NO3S/c1-9-14(10(2)17)20-15(16-9)11-4-5-12-13(8-11)19-7-3-6-18-12/h4-5,8H,3,6-7H2,1-2H3. The molecule has 0 amide bonds. The second-order valence-electron chi connectivity index (χ2n) is 4.70. The van der Waals surface area contributed by atoms with Gasteiger partial charge >= 0.3 is 0 Å². The van der Waals surface area contributed by atoms with E-state index < -0.39 is 0 Å². The molecule has 104 valence electrons. The Balaban J connectivity index is 2.00. The average molecular weight is 289 g/mol. The fourth-order valence-corrected chi connectivity index (χ4v) is 3.10. The number of fused-ring (bicyclic) bond motifs is 1. The molecule has 2 heterocycles. The van der Waals surface area contributed by atoms with Crippen LogP contribution in [0.4, 0.5) is 0 Å². The first-order valence-corrected chi connectivity index (χ1v) is 7.35. The van der Waals surface area contributed by atoms with Crippen LogP contribution in [0.3, 0.4) is 0 Å². The molecular weight excluding hydrogens is 274 g/mol. The van der Waals surface area contributed by atoms with Gasteiger partial charge in [-0.25, -0.2) is 4.98 Å². The topological polar surface area (TPSA) is 48.4 Å². The summed E-state index contributed by atoms with van der Waals surface area (Å²) in [7, 11) is 0. The molecule has 20 heavy (non-hydrogen) atoms. The zero-order valence-electron chi connectivity index (χ0n) is 11.4. The number of aromatic nitrogens is 1. The molecule has 2 aromatic rings. The van der Waals surface area contributed by atoms with Gasteiger partial charge in [-0.2, -0.15) is 0 Å². The first-order valence-electron chi connectivity index (χ1n) is 6.53. The predicted octanol–water partition coefficient (Wildman–Crippen LogP) is 3.48. The van der Waals surface area contributed by atoms with Crippen molar-refractivity contribution in [3.63, 3.8) is 0 Å². The number of ketones is 1. The zero-order chi connectivity index (χ0) is 14.1. The van der Waals surface area contributed by atoms with Gasteiger partial charge in [0.2, 0.25) is 0 Å². The van der Waals surface area contributed by atoms with E-state index in [0.717, 1.165) is 34.2 Å². The summed E-state index contributed by atoms with van der Waals surface area (Å²) in [6, 6.07) is 5.79. The van der Waals surface area contributed by atoms with Gasteiger partial charge in [-0.15, -0.1) is 11.3 Å². The number of thiazole rings is 1. The van der Waals surface area contributed by atoms with Crippen molar-refractivity contribution >= 4 is 17.1 Å². The van der Waals surface area contributed by atoms with Crippen molar-refractivity contribution in [1.82, 2.24) is 4.98 Å². The van der Waals surface area contributed by atoms with Crippen molar-refractivity contribution in [2.75, 3.05) is 13.2 Å². The van der Waals surface area contributed by atoms with Gasteiger partial charge in [-0.1, -0.05) is 0 Å². The lowest BCUT2D eigenvalue weighted by Gasteiger charge is -2.07. The van der Waals surface area contributed by atoms with E-state index in [-0.39, 0.29) is 5.78 Å². The molecule has 5 heteroatoms. The normalized spacial score (nSPS) is 13.9. The maximum atomic E-state index is 11.5. The Bertz CT molecular complexity index is 663. The molecular formula is C15H15NO3S. The third-order valence-corrected chi connectivity index (χ3v) is 4.42. The Kier molecular flexibility index (Phi) is 3.44. The number of hydrogen-bond acceptors (Lipinski definition) is 5. The van der Waals surface area contributed by atoms with Crippen LogP contribution in [0.15, 0.2) is 18.2 Å². The highest BCUT2D eigenvalue weighted by Gasteiger charge is 2.16. The van der Waals surface area contributed by atoms with E-state index in [1.165, 1.54) is 11.3 Å². The molecule has 1 aliphatic rings. The quantitative estimate of drug-likeness (QED) is 0.794. The van der Waals surface area contributed by atoms with Crippen molar-refractivity contribution in [2.24, 2.45) is 0 Å². The number of benzene rings is 1. The highest BCUT2D eigenvalue weighted by Crippen LogP contribution is 2.36. The van der Waals surface area contributed by atoms with Gasteiger partial charge in [0, 0.05) is 18.9 Å². The van der Waals surface area contributed by atoms with Gasteiger partial charge in [0.05, 0.1) is 23.8 Å². The molecule has 0 bridgehead atoms. The van der Waals surface area contributed by atoms with Crippen molar-refractivity contribution in [2.45, 2.75) is 20.3 Å². The molecule has 0 saturated heterocycles. The number of carbonyl (C=O) groups is 1. The Morgan fingerprint density at radius 3 is 2.70 bits per heavy atom. The third-order valence-electron chi connectivity index (χ3n) is 3.11. The second kappa shape index (κ2) is 5.25. The Labute approximate surface area is 121 Å². The van der Waals surface area contributed by atoms with Gasteiger partial charge in [-0.3, -0.25) is 4.79 Å². The fourth-order valence-electron chi connectivity index (χ4n) is 2.14. The van der Waals surface area contributed by atoms with Crippen LogP contribution in [0.2, 0.25) is 0 Å². The Morgan fingerprint density at radius 2 is 2.00 bits per heavy atom. The van der Waals surface area contributed by atoms with Crippen molar-refractivity contribution in [3.05, 3.63) is 28.8 Å². The third kappa shape index (κ3) is 2.41. The van der Waals surface area contributed by atoms with Gasteiger partial charge in [0.1, 0.15) is 5.01 Å². The summed E-state index contributed by atoms with van der Waals surface area (Å²) in [6.07, 6.45) is 0.884. The summed E-state index contributed by atoms with van der Waals surface area (Å²) in [6.45, 7) is 4.77. The molecule has 4 nitrogen and oxygen atoms in total. The van der Waals surface area contributed by atoms with Crippen molar-refractivity contribution in [1.29, 1.82) is 0 Å². The Hall–Kier alpha value is -1.88. The van der Waals surface area contributed by atoms with Gasteiger partial charge < -0.3 is 9.47 Å². The van der Waals surface area contributed by atoms with E-state index in [0.29, 0.717) is 18.1 Å².